The summed E-state index contributed by atoms with van der Waals surface area (Å²) in [5.41, 5.74) is 3.42. The zero-order valence-corrected chi connectivity index (χ0v) is 21.2. The standard InChI is InChI=1S/C26H31N7O4/c1-27-23-11-19(30-25-16(12-29-33(23)25)26(34)31-18-6-7-21(18)35-2)17-13-32(24-15(17)5-4-9-28-24)20-8-10-37-14-22(20)36-3/h4-5,9,11-13,18,20-22,27H,6-8,10,14H2,1-3H3,(H,31,34)/t18-,20-,21-,22+/m0/s1. The van der Waals surface area contributed by atoms with Crippen LogP contribution in [0.5, 0.6) is 0 Å². The second-order valence-electron chi connectivity index (χ2n) is 9.53. The van der Waals surface area contributed by atoms with E-state index in [9.17, 15) is 4.79 Å². The van der Waals surface area contributed by atoms with Gasteiger partial charge >= 0.3 is 0 Å². The van der Waals surface area contributed by atoms with Gasteiger partial charge in [0.15, 0.2) is 5.65 Å². The molecule has 4 atom stereocenters. The van der Waals surface area contributed by atoms with Crippen LogP contribution in [0, 0.1) is 0 Å². The average molecular weight is 506 g/mol. The molecule has 1 aliphatic heterocycles. The summed E-state index contributed by atoms with van der Waals surface area (Å²) in [6.45, 7) is 1.20. The largest absolute Gasteiger partial charge is 0.379 e. The number of ether oxygens (including phenoxy) is 3. The van der Waals surface area contributed by atoms with Gasteiger partial charge in [-0.2, -0.15) is 9.61 Å². The van der Waals surface area contributed by atoms with Crippen LogP contribution in [0.15, 0.2) is 36.8 Å². The van der Waals surface area contributed by atoms with Gasteiger partial charge in [0.1, 0.15) is 23.1 Å². The molecule has 4 aromatic heterocycles. The Hall–Kier alpha value is -3.54. The molecule has 0 unspecified atom stereocenters. The Morgan fingerprint density at radius 3 is 2.78 bits per heavy atom. The van der Waals surface area contributed by atoms with E-state index in [0.717, 1.165) is 47.4 Å². The van der Waals surface area contributed by atoms with Crippen LogP contribution in [-0.2, 0) is 14.2 Å². The fourth-order valence-electron chi connectivity index (χ4n) is 5.39. The summed E-state index contributed by atoms with van der Waals surface area (Å²) in [5.74, 6) is 0.519. The first-order chi connectivity index (χ1) is 18.1. The maximum atomic E-state index is 13.2. The monoisotopic (exact) mass is 505 g/mol. The van der Waals surface area contributed by atoms with Gasteiger partial charge in [-0.25, -0.2) is 9.97 Å². The average Bonchev–Trinajstić information content (AvgIpc) is 3.53. The lowest BCUT2D eigenvalue weighted by atomic mass is 9.89. The molecule has 1 amide bonds. The number of anilines is 1. The van der Waals surface area contributed by atoms with Crippen molar-refractivity contribution in [2.45, 2.75) is 43.6 Å². The third kappa shape index (κ3) is 4.03. The highest BCUT2D eigenvalue weighted by molar-refractivity contribution is 6.01. The summed E-state index contributed by atoms with van der Waals surface area (Å²) in [5, 5.41) is 11.7. The van der Waals surface area contributed by atoms with Crippen molar-refractivity contribution in [2.75, 3.05) is 39.8 Å². The van der Waals surface area contributed by atoms with Gasteiger partial charge in [0, 0.05) is 57.3 Å². The summed E-state index contributed by atoms with van der Waals surface area (Å²) in [6.07, 6.45) is 8.08. The second-order valence-corrected chi connectivity index (χ2v) is 9.53. The minimum absolute atomic E-state index is 0.00310. The first kappa shape index (κ1) is 23.8. The van der Waals surface area contributed by atoms with Crippen molar-refractivity contribution in [3.8, 4) is 11.3 Å². The maximum absolute atomic E-state index is 13.2. The molecule has 2 aliphatic rings. The number of methoxy groups -OCH3 is 2. The third-order valence-electron chi connectivity index (χ3n) is 7.60. The van der Waals surface area contributed by atoms with Crippen LogP contribution in [0.3, 0.4) is 0 Å². The number of carbonyl (C=O) groups is 1. The van der Waals surface area contributed by atoms with E-state index in [4.69, 9.17) is 24.2 Å². The third-order valence-corrected chi connectivity index (χ3v) is 7.60. The molecule has 11 heteroatoms. The van der Waals surface area contributed by atoms with E-state index in [1.165, 1.54) is 0 Å². The number of rotatable bonds is 7. The van der Waals surface area contributed by atoms with E-state index in [-0.39, 0.29) is 30.2 Å². The Morgan fingerprint density at radius 1 is 1.16 bits per heavy atom. The number of fused-ring (bicyclic) bond motifs is 2. The van der Waals surface area contributed by atoms with E-state index in [1.807, 2.05) is 25.2 Å². The maximum Gasteiger partial charge on any atom is 0.257 e. The molecule has 4 aromatic rings. The highest BCUT2D eigenvalue weighted by Crippen LogP contribution is 2.35. The lowest BCUT2D eigenvalue weighted by molar-refractivity contribution is -0.0592. The van der Waals surface area contributed by atoms with Crippen LogP contribution < -0.4 is 10.6 Å². The van der Waals surface area contributed by atoms with Crippen molar-refractivity contribution >= 4 is 28.4 Å². The first-order valence-electron chi connectivity index (χ1n) is 12.6. The van der Waals surface area contributed by atoms with E-state index in [0.29, 0.717) is 24.4 Å². The lowest BCUT2D eigenvalue weighted by Crippen LogP contribution is -2.51. The SMILES string of the molecule is CNc1cc(-c2cn([C@H]3CCOC[C@H]3OC)c3ncccc23)nc2c(C(=O)N[C@H]3CC[C@@H]3OC)cnn12. The zero-order valence-electron chi connectivity index (χ0n) is 21.2. The molecular weight excluding hydrogens is 474 g/mol. The van der Waals surface area contributed by atoms with E-state index in [2.05, 4.69) is 26.5 Å². The normalized spacial score (nSPS) is 23.8. The first-order valence-corrected chi connectivity index (χ1v) is 12.6. The molecule has 194 valence electrons. The molecule has 0 aromatic carbocycles. The van der Waals surface area contributed by atoms with Gasteiger partial charge in [0.2, 0.25) is 0 Å². The Bertz CT molecular complexity index is 1450. The predicted molar refractivity (Wildman–Crippen MR) is 138 cm³/mol. The molecule has 0 bridgehead atoms. The lowest BCUT2D eigenvalue weighted by Gasteiger charge is -2.35. The van der Waals surface area contributed by atoms with Gasteiger partial charge in [0.05, 0.1) is 36.7 Å². The minimum Gasteiger partial charge on any atom is -0.379 e. The molecule has 0 radical (unpaired) electrons. The van der Waals surface area contributed by atoms with Crippen LogP contribution in [-0.4, -0.2) is 82.8 Å². The van der Waals surface area contributed by atoms with Gasteiger partial charge in [-0.1, -0.05) is 0 Å². The van der Waals surface area contributed by atoms with Crippen molar-refractivity contribution < 1.29 is 19.0 Å². The van der Waals surface area contributed by atoms with Gasteiger partial charge < -0.3 is 29.4 Å². The van der Waals surface area contributed by atoms with Crippen molar-refractivity contribution in [1.82, 2.24) is 29.5 Å². The Balaban J connectivity index is 1.45. The Kier molecular flexibility index (Phi) is 6.27. The molecule has 5 heterocycles. The molecule has 1 aliphatic carbocycles. The molecule has 2 fully saturated rings. The van der Waals surface area contributed by atoms with Gasteiger partial charge in [-0.15, -0.1) is 0 Å². The van der Waals surface area contributed by atoms with E-state index < -0.39 is 0 Å². The highest BCUT2D eigenvalue weighted by Gasteiger charge is 2.33. The summed E-state index contributed by atoms with van der Waals surface area (Å²) in [7, 11) is 5.21. The van der Waals surface area contributed by atoms with Crippen LogP contribution in [0.4, 0.5) is 5.82 Å². The molecule has 6 rings (SSSR count). The molecule has 0 spiro atoms. The number of carbonyl (C=O) groups excluding carboxylic acids is 1. The van der Waals surface area contributed by atoms with Gasteiger partial charge in [-0.3, -0.25) is 4.79 Å². The van der Waals surface area contributed by atoms with Gasteiger partial charge in [-0.05, 0) is 31.4 Å². The summed E-state index contributed by atoms with van der Waals surface area (Å²) in [6, 6.07) is 6.00. The zero-order chi connectivity index (χ0) is 25.5. The number of pyridine rings is 1. The smallest absolute Gasteiger partial charge is 0.257 e. The van der Waals surface area contributed by atoms with E-state index in [1.54, 1.807) is 31.1 Å². The molecule has 1 saturated heterocycles. The quantitative estimate of drug-likeness (QED) is 0.394. The van der Waals surface area contributed by atoms with Crippen LogP contribution in [0.2, 0.25) is 0 Å². The molecule has 11 nitrogen and oxygen atoms in total. The summed E-state index contributed by atoms with van der Waals surface area (Å²) >= 11 is 0. The van der Waals surface area contributed by atoms with Crippen molar-refractivity contribution in [1.29, 1.82) is 0 Å². The highest BCUT2D eigenvalue weighted by atomic mass is 16.5. The van der Waals surface area contributed by atoms with Crippen LogP contribution >= 0.6 is 0 Å². The van der Waals surface area contributed by atoms with E-state index >= 15 is 0 Å². The topological polar surface area (TPSA) is 117 Å². The van der Waals surface area contributed by atoms with Crippen molar-refractivity contribution in [2.24, 2.45) is 0 Å². The van der Waals surface area contributed by atoms with Gasteiger partial charge in [0.25, 0.3) is 5.91 Å². The van der Waals surface area contributed by atoms with Crippen LogP contribution in [0.1, 0.15) is 35.7 Å². The number of hydrogen-bond donors (Lipinski definition) is 2. The fraction of sp³-hybridized carbons (Fsp3) is 0.462. The fourth-order valence-corrected chi connectivity index (χ4v) is 5.39. The Labute approximate surface area is 214 Å². The second kappa shape index (κ2) is 9.73. The number of nitrogens with zero attached hydrogens (tertiary/aromatic N) is 5. The molecular formula is C26H31N7O4. The number of aromatic nitrogens is 5. The minimum atomic E-state index is -0.206. The van der Waals surface area contributed by atoms with Crippen LogP contribution in [0.25, 0.3) is 27.9 Å². The summed E-state index contributed by atoms with van der Waals surface area (Å²) < 4.78 is 20.7. The molecule has 2 N–H and O–H groups in total. The summed E-state index contributed by atoms with van der Waals surface area (Å²) in [4.78, 5) is 22.9. The molecule has 37 heavy (non-hydrogen) atoms. The predicted octanol–water partition coefficient (Wildman–Crippen LogP) is 2.67. The molecule has 1 saturated carbocycles. The number of hydrogen-bond acceptors (Lipinski definition) is 8. The van der Waals surface area contributed by atoms with Crippen molar-refractivity contribution in [3.63, 3.8) is 0 Å². The number of nitrogens with one attached hydrogen (secondary N) is 2. The van der Waals surface area contributed by atoms with Crippen molar-refractivity contribution in [3.05, 3.63) is 42.4 Å². The Morgan fingerprint density at radius 2 is 2.03 bits per heavy atom. The number of amides is 1.